The molecule has 0 aromatic heterocycles. The Morgan fingerprint density at radius 2 is 1.78 bits per heavy atom. The molecule has 1 fully saturated rings. The van der Waals surface area contributed by atoms with E-state index in [1.807, 2.05) is 0 Å². The second kappa shape index (κ2) is 10.1. The highest BCUT2D eigenvalue weighted by molar-refractivity contribution is 7.89. The number of sulfonamides is 1. The first-order valence-corrected chi connectivity index (χ1v) is 11.3. The summed E-state index contributed by atoms with van der Waals surface area (Å²) in [5, 5.41) is 2.92. The number of methoxy groups -OCH3 is 1. The van der Waals surface area contributed by atoms with E-state index in [1.165, 1.54) is 17.5 Å². The normalized spacial score (nSPS) is 16.1. The number of carbonyl (C=O) groups excluding carboxylic acids is 1. The molecule has 1 aliphatic rings. The number of hydrogen-bond acceptors (Lipinski definition) is 4. The molecule has 1 aliphatic heterocycles. The molecule has 0 radical (unpaired) electrons. The summed E-state index contributed by atoms with van der Waals surface area (Å²) >= 11 is 0. The number of benzene rings is 1. The Labute approximate surface area is 163 Å². The Morgan fingerprint density at radius 3 is 2.33 bits per heavy atom. The Bertz CT molecular complexity index is 721. The molecule has 0 bridgehead atoms. The number of rotatable bonds is 8. The zero-order chi connectivity index (χ0) is 19.9. The van der Waals surface area contributed by atoms with Crippen molar-refractivity contribution >= 4 is 15.9 Å². The second-order valence-corrected chi connectivity index (χ2v) is 8.98. The van der Waals surface area contributed by atoms with E-state index in [0.29, 0.717) is 31.1 Å². The van der Waals surface area contributed by atoms with E-state index in [0.717, 1.165) is 38.5 Å². The van der Waals surface area contributed by atoms with Crippen LogP contribution in [0.2, 0.25) is 0 Å². The van der Waals surface area contributed by atoms with Crippen LogP contribution in [0.4, 0.5) is 0 Å². The minimum Gasteiger partial charge on any atom is -0.495 e. The predicted molar refractivity (Wildman–Crippen MR) is 107 cm³/mol. The maximum Gasteiger partial charge on any atom is 0.251 e. The van der Waals surface area contributed by atoms with E-state index >= 15 is 0 Å². The first-order valence-electron chi connectivity index (χ1n) is 9.90. The van der Waals surface area contributed by atoms with Gasteiger partial charge in [0.2, 0.25) is 10.0 Å². The van der Waals surface area contributed by atoms with Gasteiger partial charge in [0.05, 0.1) is 7.11 Å². The highest BCUT2D eigenvalue weighted by Gasteiger charge is 2.29. The van der Waals surface area contributed by atoms with Crippen LogP contribution in [0.15, 0.2) is 23.1 Å². The maximum atomic E-state index is 13.2. The van der Waals surface area contributed by atoms with Gasteiger partial charge in [-0.15, -0.1) is 0 Å². The lowest BCUT2D eigenvalue weighted by atomic mass is 10.0. The molecular weight excluding hydrogens is 364 g/mol. The summed E-state index contributed by atoms with van der Waals surface area (Å²) in [6, 6.07) is 4.63. The molecule has 1 heterocycles. The minimum absolute atomic E-state index is 0.0714. The molecule has 2 rings (SSSR count). The van der Waals surface area contributed by atoms with Gasteiger partial charge in [0, 0.05) is 25.2 Å². The molecule has 1 aromatic rings. The van der Waals surface area contributed by atoms with Crippen LogP contribution in [0.3, 0.4) is 0 Å². The van der Waals surface area contributed by atoms with Crippen molar-refractivity contribution in [3.63, 3.8) is 0 Å². The van der Waals surface area contributed by atoms with Crippen molar-refractivity contribution in [1.82, 2.24) is 9.62 Å². The van der Waals surface area contributed by atoms with Gasteiger partial charge in [-0.1, -0.05) is 39.5 Å². The van der Waals surface area contributed by atoms with E-state index < -0.39 is 10.0 Å². The van der Waals surface area contributed by atoms with Crippen LogP contribution >= 0.6 is 0 Å². The van der Waals surface area contributed by atoms with Crippen molar-refractivity contribution in [3.05, 3.63) is 23.8 Å². The van der Waals surface area contributed by atoms with Crippen molar-refractivity contribution in [2.75, 3.05) is 26.7 Å². The number of carbonyl (C=O) groups is 1. The van der Waals surface area contributed by atoms with Crippen molar-refractivity contribution in [2.24, 2.45) is 5.92 Å². The predicted octanol–water partition coefficient (Wildman–Crippen LogP) is 3.43. The second-order valence-electron chi connectivity index (χ2n) is 7.08. The molecule has 1 aromatic carbocycles. The molecular formula is C20H32N2O4S. The summed E-state index contributed by atoms with van der Waals surface area (Å²) in [5.74, 6) is 0.445. The molecule has 1 amide bonds. The summed E-state index contributed by atoms with van der Waals surface area (Å²) in [7, 11) is -2.25. The molecule has 1 saturated heterocycles. The largest absolute Gasteiger partial charge is 0.495 e. The Kier molecular flexibility index (Phi) is 8.10. The van der Waals surface area contributed by atoms with Crippen molar-refractivity contribution < 1.29 is 17.9 Å². The highest BCUT2D eigenvalue weighted by Crippen LogP contribution is 2.29. The van der Waals surface area contributed by atoms with Gasteiger partial charge in [0.25, 0.3) is 5.91 Å². The van der Waals surface area contributed by atoms with Gasteiger partial charge >= 0.3 is 0 Å². The van der Waals surface area contributed by atoms with Crippen molar-refractivity contribution in [2.45, 2.75) is 57.3 Å². The summed E-state index contributed by atoms with van der Waals surface area (Å²) in [6.07, 6.45) is 5.79. The lowest BCUT2D eigenvalue weighted by Crippen LogP contribution is -2.33. The average molecular weight is 397 g/mol. The standard InChI is InChI=1S/C20H32N2O4S/c1-4-16(5-2)15-21-20(23)17-10-11-18(26-3)19(14-17)27(24,25)22-12-8-6-7-9-13-22/h10-11,14,16H,4-9,12-13,15H2,1-3H3,(H,21,23). The fourth-order valence-electron chi connectivity index (χ4n) is 3.36. The van der Waals surface area contributed by atoms with Crippen LogP contribution in [-0.2, 0) is 10.0 Å². The third-order valence-corrected chi connectivity index (χ3v) is 7.23. The lowest BCUT2D eigenvalue weighted by molar-refractivity contribution is 0.0946. The molecule has 0 unspecified atom stereocenters. The third-order valence-electron chi connectivity index (χ3n) is 5.31. The van der Waals surface area contributed by atoms with Crippen LogP contribution < -0.4 is 10.1 Å². The van der Waals surface area contributed by atoms with E-state index in [4.69, 9.17) is 4.74 Å². The van der Waals surface area contributed by atoms with Gasteiger partial charge in [-0.25, -0.2) is 8.42 Å². The average Bonchev–Trinajstić information content (AvgIpc) is 2.98. The number of ether oxygens (including phenoxy) is 1. The summed E-state index contributed by atoms with van der Waals surface area (Å²) < 4.78 is 33.1. The van der Waals surface area contributed by atoms with Crippen LogP contribution in [0.5, 0.6) is 5.75 Å². The molecule has 0 saturated carbocycles. The highest BCUT2D eigenvalue weighted by atomic mass is 32.2. The molecule has 0 aliphatic carbocycles. The van der Waals surface area contributed by atoms with Crippen molar-refractivity contribution in [3.8, 4) is 5.75 Å². The SMILES string of the molecule is CCC(CC)CNC(=O)c1ccc(OC)c(S(=O)(=O)N2CCCCCC2)c1. The molecule has 7 heteroatoms. The van der Waals surface area contributed by atoms with Crippen LogP contribution in [0.1, 0.15) is 62.7 Å². The fourth-order valence-corrected chi connectivity index (χ4v) is 5.06. The first kappa shape index (κ1) is 21.7. The molecule has 152 valence electrons. The van der Waals surface area contributed by atoms with Gasteiger partial charge in [0.1, 0.15) is 10.6 Å². The van der Waals surface area contributed by atoms with E-state index in [2.05, 4.69) is 19.2 Å². The topological polar surface area (TPSA) is 75.7 Å². The molecule has 6 nitrogen and oxygen atoms in total. The fraction of sp³-hybridized carbons (Fsp3) is 0.650. The van der Waals surface area contributed by atoms with Crippen LogP contribution in [0.25, 0.3) is 0 Å². The van der Waals surface area contributed by atoms with Gasteiger partial charge in [0.15, 0.2) is 0 Å². The Balaban J connectivity index is 2.27. The van der Waals surface area contributed by atoms with Gasteiger partial charge in [-0.2, -0.15) is 4.31 Å². The van der Waals surface area contributed by atoms with E-state index in [1.54, 1.807) is 12.1 Å². The summed E-state index contributed by atoms with van der Waals surface area (Å²) in [6.45, 7) is 5.80. The van der Waals surface area contributed by atoms with Crippen molar-refractivity contribution in [1.29, 1.82) is 0 Å². The number of hydrogen-bond donors (Lipinski definition) is 1. The monoisotopic (exact) mass is 396 g/mol. The Morgan fingerprint density at radius 1 is 1.15 bits per heavy atom. The minimum atomic E-state index is -3.70. The van der Waals surface area contributed by atoms with Crippen LogP contribution in [-0.4, -0.2) is 45.4 Å². The number of nitrogens with zero attached hydrogens (tertiary/aromatic N) is 1. The lowest BCUT2D eigenvalue weighted by Gasteiger charge is -2.21. The number of nitrogens with one attached hydrogen (secondary N) is 1. The summed E-state index contributed by atoms with van der Waals surface area (Å²) in [4.78, 5) is 12.6. The van der Waals surface area contributed by atoms with E-state index in [-0.39, 0.29) is 16.6 Å². The zero-order valence-corrected chi connectivity index (χ0v) is 17.5. The summed E-state index contributed by atoms with van der Waals surface area (Å²) in [5.41, 5.74) is 0.343. The quantitative estimate of drug-likeness (QED) is 0.730. The van der Waals surface area contributed by atoms with Gasteiger partial charge in [-0.05, 0) is 37.0 Å². The van der Waals surface area contributed by atoms with Gasteiger partial charge < -0.3 is 10.1 Å². The van der Waals surface area contributed by atoms with Gasteiger partial charge in [-0.3, -0.25) is 4.79 Å². The molecule has 0 atom stereocenters. The molecule has 1 N–H and O–H groups in total. The smallest absolute Gasteiger partial charge is 0.251 e. The third kappa shape index (κ3) is 5.45. The first-order chi connectivity index (χ1) is 12.9. The molecule has 0 spiro atoms. The maximum absolute atomic E-state index is 13.2. The zero-order valence-electron chi connectivity index (χ0n) is 16.7. The van der Waals surface area contributed by atoms with Crippen LogP contribution in [0, 0.1) is 5.92 Å². The van der Waals surface area contributed by atoms with E-state index in [9.17, 15) is 13.2 Å². The Hall–Kier alpha value is -1.60. The number of amides is 1. The molecule has 27 heavy (non-hydrogen) atoms.